The van der Waals surface area contributed by atoms with Crippen molar-refractivity contribution in [1.82, 2.24) is 0 Å². The number of sulfone groups is 1. The molecule has 0 heterocycles. The molecule has 7 heteroatoms. The molecule has 2 aromatic carbocycles. The lowest BCUT2D eigenvalue weighted by atomic mass is 10.2. The Labute approximate surface area is 128 Å². The van der Waals surface area contributed by atoms with Crippen molar-refractivity contribution in [3.8, 4) is 0 Å². The highest BCUT2D eigenvalue weighted by atomic mass is 32.2. The topological polar surface area (TPSA) is 102 Å². The zero-order chi connectivity index (χ0) is 16.2. The molecule has 0 bridgehead atoms. The van der Waals surface area contributed by atoms with Crippen LogP contribution < -0.4 is 11.2 Å². The smallest absolute Gasteiger partial charge is 0.281 e. The van der Waals surface area contributed by atoms with Gasteiger partial charge in [0, 0.05) is 0 Å². The molecule has 0 fully saturated rings. The summed E-state index contributed by atoms with van der Waals surface area (Å²) >= 11 is 0. The first kappa shape index (κ1) is 15.7. The average molecular weight is 317 g/mol. The number of amides is 1. The van der Waals surface area contributed by atoms with Crippen LogP contribution in [0, 0.1) is 6.92 Å². The van der Waals surface area contributed by atoms with E-state index < -0.39 is 20.8 Å². The Hall–Kier alpha value is -2.67. The summed E-state index contributed by atoms with van der Waals surface area (Å²) in [5, 5.41) is 2.94. The van der Waals surface area contributed by atoms with Gasteiger partial charge in [-0.25, -0.2) is 8.42 Å². The van der Waals surface area contributed by atoms with Gasteiger partial charge in [-0.05, 0) is 31.2 Å². The highest BCUT2D eigenvalue weighted by molar-refractivity contribution is 8.08. The number of carbonyl (C=O) groups is 1. The molecule has 114 valence electrons. The summed E-state index contributed by atoms with van der Waals surface area (Å²) in [5.74, 6) is -1.12. The number of benzene rings is 2. The fourth-order valence-electron chi connectivity index (χ4n) is 1.70. The molecule has 0 aliphatic carbocycles. The Morgan fingerprint density at radius 2 is 1.64 bits per heavy atom. The maximum Gasteiger partial charge on any atom is 0.281 e. The number of hydrogen-bond donors (Lipinski definition) is 2. The number of carbonyl (C=O) groups excluding carboxylic acids is 1. The lowest BCUT2D eigenvalue weighted by Crippen LogP contribution is -2.31. The number of hydrogen-bond acceptors (Lipinski definition) is 5. The normalized spacial score (nSPS) is 12.0. The molecule has 6 nitrogen and oxygen atoms in total. The molecule has 0 saturated heterocycles. The van der Waals surface area contributed by atoms with Crippen LogP contribution in [0.1, 0.15) is 5.56 Å². The Kier molecular flexibility index (Phi) is 4.57. The molecule has 2 aromatic rings. The first-order valence-corrected chi connectivity index (χ1v) is 7.90. The van der Waals surface area contributed by atoms with Crippen molar-refractivity contribution in [2.45, 2.75) is 11.8 Å². The number of nitrogens with zero attached hydrogens (tertiary/aromatic N) is 1. The summed E-state index contributed by atoms with van der Waals surface area (Å²) in [6, 6.07) is 14.6. The van der Waals surface area contributed by atoms with Gasteiger partial charge in [0.15, 0.2) is 0 Å². The minimum atomic E-state index is -4.07. The van der Waals surface area contributed by atoms with Crippen molar-refractivity contribution < 1.29 is 13.2 Å². The van der Waals surface area contributed by atoms with Crippen LogP contribution in [0.4, 0.5) is 5.69 Å². The SMILES string of the molecule is Cc1ccc(NN=C(C(N)=O)S(=O)(=O)c2ccccc2)cc1. The summed E-state index contributed by atoms with van der Waals surface area (Å²) in [4.78, 5) is 11.4. The predicted octanol–water partition coefficient (Wildman–Crippen LogP) is 1.68. The summed E-state index contributed by atoms with van der Waals surface area (Å²) in [7, 11) is -4.07. The third-order valence-electron chi connectivity index (χ3n) is 2.86. The van der Waals surface area contributed by atoms with Crippen molar-refractivity contribution in [2.24, 2.45) is 10.8 Å². The Bertz CT molecular complexity index is 798. The number of hydrazone groups is 1. The lowest BCUT2D eigenvalue weighted by Gasteiger charge is -2.06. The van der Waals surface area contributed by atoms with Crippen LogP contribution in [0.25, 0.3) is 0 Å². The van der Waals surface area contributed by atoms with Crippen LogP contribution in [0.2, 0.25) is 0 Å². The molecule has 22 heavy (non-hydrogen) atoms. The number of primary amides is 1. The molecule has 0 saturated carbocycles. The van der Waals surface area contributed by atoms with E-state index in [1.54, 1.807) is 30.3 Å². The monoisotopic (exact) mass is 317 g/mol. The van der Waals surface area contributed by atoms with Gasteiger partial charge in [-0.2, -0.15) is 5.10 Å². The molecule has 0 aliphatic heterocycles. The first-order valence-electron chi connectivity index (χ1n) is 6.41. The maximum atomic E-state index is 12.4. The average Bonchev–Trinajstić information content (AvgIpc) is 2.50. The van der Waals surface area contributed by atoms with Gasteiger partial charge in [0.25, 0.3) is 5.91 Å². The van der Waals surface area contributed by atoms with E-state index in [1.165, 1.54) is 12.1 Å². The van der Waals surface area contributed by atoms with E-state index in [0.29, 0.717) is 5.69 Å². The van der Waals surface area contributed by atoms with Gasteiger partial charge in [0.2, 0.25) is 14.9 Å². The second-order valence-corrected chi connectivity index (χ2v) is 6.44. The van der Waals surface area contributed by atoms with Crippen molar-refractivity contribution in [3.63, 3.8) is 0 Å². The molecule has 2 rings (SSSR count). The van der Waals surface area contributed by atoms with E-state index in [-0.39, 0.29) is 4.90 Å². The van der Waals surface area contributed by atoms with E-state index in [1.807, 2.05) is 19.1 Å². The largest absolute Gasteiger partial charge is 0.364 e. The summed E-state index contributed by atoms with van der Waals surface area (Å²) in [5.41, 5.74) is 9.29. The van der Waals surface area contributed by atoms with E-state index >= 15 is 0 Å². The van der Waals surface area contributed by atoms with Crippen LogP contribution in [0.5, 0.6) is 0 Å². The zero-order valence-corrected chi connectivity index (χ0v) is 12.7. The van der Waals surface area contributed by atoms with Crippen LogP contribution >= 0.6 is 0 Å². The van der Waals surface area contributed by atoms with Crippen LogP contribution in [-0.4, -0.2) is 19.4 Å². The van der Waals surface area contributed by atoms with E-state index in [4.69, 9.17) is 5.73 Å². The Morgan fingerprint density at radius 1 is 1.05 bits per heavy atom. The molecule has 3 N–H and O–H groups in total. The van der Waals surface area contributed by atoms with Crippen molar-refractivity contribution in [2.75, 3.05) is 5.43 Å². The minimum absolute atomic E-state index is 0.0433. The van der Waals surface area contributed by atoms with E-state index in [9.17, 15) is 13.2 Å². The van der Waals surface area contributed by atoms with Crippen molar-refractivity contribution >= 4 is 26.5 Å². The molecule has 0 radical (unpaired) electrons. The quantitative estimate of drug-likeness (QED) is 0.511. The molecule has 1 amide bonds. The predicted molar refractivity (Wildman–Crippen MR) is 85.1 cm³/mol. The highest BCUT2D eigenvalue weighted by Crippen LogP contribution is 2.13. The lowest BCUT2D eigenvalue weighted by molar-refractivity contribution is -0.111. The molecular weight excluding hydrogens is 302 g/mol. The van der Waals surface area contributed by atoms with Gasteiger partial charge < -0.3 is 5.73 Å². The Balaban J connectivity index is 2.36. The van der Waals surface area contributed by atoms with E-state index in [2.05, 4.69) is 10.5 Å². The van der Waals surface area contributed by atoms with Crippen LogP contribution in [0.3, 0.4) is 0 Å². The second kappa shape index (κ2) is 6.40. The van der Waals surface area contributed by atoms with Crippen molar-refractivity contribution in [1.29, 1.82) is 0 Å². The Morgan fingerprint density at radius 3 is 2.18 bits per heavy atom. The molecular formula is C15H15N3O3S. The fourth-order valence-corrected chi connectivity index (χ4v) is 2.87. The number of nitrogens with one attached hydrogen (secondary N) is 1. The van der Waals surface area contributed by atoms with Crippen LogP contribution in [-0.2, 0) is 14.6 Å². The zero-order valence-electron chi connectivity index (χ0n) is 11.9. The maximum absolute atomic E-state index is 12.4. The first-order chi connectivity index (χ1) is 10.4. The van der Waals surface area contributed by atoms with Gasteiger partial charge in [0.05, 0.1) is 10.6 Å². The molecule has 0 aromatic heterocycles. The number of anilines is 1. The van der Waals surface area contributed by atoms with Crippen LogP contribution in [0.15, 0.2) is 64.6 Å². The van der Waals surface area contributed by atoms with Crippen molar-refractivity contribution in [3.05, 3.63) is 60.2 Å². The van der Waals surface area contributed by atoms with E-state index in [0.717, 1.165) is 5.56 Å². The van der Waals surface area contributed by atoms with Gasteiger partial charge in [-0.3, -0.25) is 10.2 Å². The second-order valence-electron chi connectivity index (χ2n) is 4.58. The standard InChI is InChI=1S/C15H15N3O3S/c1-11-7-9-12(10-8-11)17-18-15(14(16)19)22(20,21)13-5-3-2-4-6-13/h2-10,17H,1H3,(H2,16,19). The summed E-state index contributed by atoms with van der Waals surface area (Å²) in [6.07, 6.45) is 0. The highest BCUT2D eigenvalue weighted by Gasteiger charge is 2.27. The number of nitrogens with two attached hydrogens (primary N) is 1. The van der Waals surface area contributed by atoms with Gasteiger partial charge >= 0.3 is 0 Å². The summed E-state index contributed by atoms with van der Waals surface area (Å²) in [6.45, 7) is 1.92. The number of rotatable bonds is 3. The molecule has 0 atom stereocenters. The van der Waals surface area contributed by atoms with Gasteiger partial charge in [-0.1, -0.05) is 35.9 Å². The third-order valence-corrected chi connectivity index (χ3v) is 4.55. The fraction of sp³-hybridized carbons (Fsp3) is 0.0667. The molecule has 0 spiro atoms. The molecule has 0 unspecified atom stereocenters. The summed E-state index contributed by atoms with van der Waals surface area (Å²) < 4.78 is 24.8. The van der Waals surface area contributed by atoms with Gasteiger partial charge in [0.1, 0.15) is 0 Å². The third kappa shape index (κ3) is 3.50. The van der Waals surface area contributed by atoms with Gasteiger partial charge in [-0.15, -0.1) is 0 Å². The minimum Gasteiger partial charge on any atom is -0.364 e. The molecule has 0 aliphatic rings. The number of aryl methyl sites for hydroxylation is 1.